The number of carbonyl (C=O) groups is 1. The van der Waals surface area contributed by atoms with Gasteiger partial charge in [0.05, 0.1) is 0 Å². The fourth-order valence-corrected chi connectivity index (χ4v) is 1.69. The first kappa shape index (κ1) is 12.9. The van der Waals surface area contributed by atoms with Gasteiger partial charge >= 0.3 is 0 Å². The van der Waals surface area contributed by atoms with E-state index in [0.29, 0.717) is 18.1 Å². The molecule has 1 N–H and O–H groups in total. The second-order valence-electron chi connectivity index (χ2n) is 3.81. The highest BCUT2D eigenvalue weighted by atomic mass is 16.2. The van der Waals surface area contributed by atoms with Gasteiger partial charge in [-0.1, -0.05) is 0 Å². The molecule has 0 aliphatic carbocycles. The summed E-state index contributed by atoms with van der Waals surface area (Å²) in [6, 6.07) is 6.96. The van der Waals surface area contributed by atoms with E-state index in [1.165, 1.54) is 0 Å². The molecule has 2 aromatic rings. The van der Waals surface area contributed by atoms with E-state index >= 15 is 0 Å². The number of aromatic nitrogens is 3. The molecule has 0 bridgehead atoms. The van der Waals surface area contributed by atoms with Crippen molar-refractivity contribution in [3.63, 3.8) is 0 Å². The Hall–Kier alpha value is -2.50. The standard InChI is InChI=1S/C13H15N5O/c1-3-18(10-6-8-15-9-7-10)13(19)11-4-5-12(14-2)17-16-11/h4-9H,3H2,1-2H3,(H,14,17). The predicted octanol–water partition coefficient (Wildman–Crippen LogP) is 1.58. The van der Waals surface area contributed by atoms with Crippen molar-refractivity contribution in [3.05, 3.63) is 42.4 Å². The summed E-state index contributed by atoms with van der Waals surface area (Å²) >= 11 is 0. The summed E-state index contributed by atoms with van der Waals surface area (Å²) in [6.07, 6.45) is 3.31. The molecular weight excluding hydrogens is 242 g/mol. The molecule has 1 amide bonds. The molecule has 0 saturated heterocycles. The minimum atomic E-state index is -0.177. The van der Waals surface area contributed by atoms with Crippen molar-refractivity contribution in [2.24, 2.45) is 0 Å². The first-order valence-electron chi connectivity index (χ1n) is 5.99. The van der Waals surface area contributed by atoms with Crippen LogP contribution in [0.5, 0.6) is 0 Å². The van der Waals surface area contributed by atoms with Crippen LogP contribution in [0.1, 0.15) is 17.4 Å². The SMILES string of the molecule is CCN(C(=O)c1ccc(NC)nn1)c1ccncc1. The van der Waals surface area contributed by atoms with Crippen LogP contribution >= 0.6 is 0 Å². The zero-order chi connectivity index (χ0) is 13.7. The van der Waals surface area contributed by atoms with Crippen molar-refractivity contribution < 1.29 is 4.79 Å². The van der Waals surface area contributed by atoms with Crippen LogP contribution in [0.3, 0.4) is 0 Å². The smallest absolute Gasteiger partial charge is 0.278 e. The van der Waals surface area contributed by atoms with Crippen LogP contribution < -0.4 is 10.2 Å². The number of pyridine rings is 1. The zero-order valence-corrected chi connectivity index (χ0v) is 10.9. The van der Waals surface area contributed by atoms with Crippen molar-refractivity contribution >= 4 is 17.4 Å². The lowest BCUT2D eigenvalue weighted by Crippen LogP contribution is -2.31. The highest BCUT2D eigenvalue weighted by molar-refractivity contribution is 6.04. The normalized spacial score (nSPS) is 10.0. The number of hydrogen-bond acceptors (Lipinski definition) is 5. The Balaban J connectivity index is 2.25. The largest absolute Gasteiger partial charge is 0.372 e. The number of rotatable bonds is 4. The van der Waals surface area contributed by atoms with Crippen LogP contribution in [-0.4, -0.2) is 34.7 Å². The zero-order valence-electron chi connectivity index (χ0n) is 10.9. The van der Waals surface area contributed by atoms with Crippen LogP contribution in [0, 0.1) is 0 Å². The first-order chi connectivity index (χ1) is 9.26. The number of anilines is 2. The summed E-state index contributed by atoms with van der Waals surface area (Å²) in [5.74, 6) is 0.451. The Morgan fingerprint density at radius 1 is 1.21 bits per heavy atom. The van der Waals surface area contributed by atoms with Gasteiger partial charge in [0.2, 0.25) is 0 Å². The number of carbonyl (C=O) groups excluding carboxylic acids is 1. The fraction of sp³-hybridized carbons (Fsp3) is 0.231. The molecular formula is C13H15N5O. The number of nitrogens with one attached hydrogen (secondary N) is 1. The highest BCUT2D eigenvalue weighted by Crippen LogP contribution is 2.15. The third kappa shape index (κ3) is 2.85. The van der Waals surface area contributed by atoms with Crippen molar-refractivity contribution in [2.45, 2.75) is 6.92 Å². The van der Waals surface area contributed by atoms with Gasteiger partial charge in [-0.2, -0.15) is 0 Å². The van der Waals surface area contributed by atoms with E-state index in [4.69, 9.17) is 0 Å². The van der Waals surface area contributed by atoms with E-state index in [1.54, 1.807) is 48.6 Å². The number of amides is 1. The maximum atomic E-state index is 12.4. The molecule has 98 valence electrons. The van der Waals surface area contributed by atoms with Crippen molar-refractivity contribution in [3.8, 4) is 0 Å². The molecule has 0 aliphatic heterocycles. The van der Waals surface area contributed by atoms with Gasteiger partial charge in [0.1, 0.15) is 5.82 Å². The van der Waals surface area contributed by atoms with Gasteiger partial charge in [-0.25, -0.2) is 0 Å². The maximum Gasteiger partial charge on any atom is 0.278 e. The summed E-state index contributed by atoms with van der Waals surface area (Å²) in [6.45, 7) is 2.46. The molecule has 0 fully saturated rings. The highest BCUT2D eigenvalue weighted by Gasteiger charge is 2.17. The van der Waals surface area contributed by atoms with E-state index in [0.717, 1.165) is 5.69 Å². The lowest BCUT2D eigenvalue weighted by Gasteiger charge is -2.20. The molecule has 2 rings (SSSR count). The van der Waals surface area contributed by atoms with Crippen molar-refractivity contribution in [2.75, 3.05) is 23.8 Å². The third-order valence-electron chi connectivity index (χ3n) is 2.68. The van der Waals surface area contributed by atoms with Gasteiger partial charge in [-0.05, 0) is 31.2 Å². The molecule has 0 aliphatic rings. The Labute approximate surface area is 111 Å². The van der Waals surface area contributed by atoms with Crippen LogP contribution in [0.2, 0.25) is 0 Å². The molecule has 6 nitrogen and oxygen atoms in total. The van der Waals surface area contributed by atoms with Crippen molar-refractivity contribution in [1.82, 2.24) is 15.2 Å². The van der Waals surface area contributed by atoms with E-state index in [9.17, 15) is 4.79 Å². The van der Waals surface area contributed by atoms with Crippen LogP contribution in [0.4, 0.5) is 11.5 Å². The maximum absolute atomic E-state index is 12.4. The fourth-order valence-electron chi connectivity index (χ4n) is 1.69. The minimum Gasteiger partial charge on any atom is -0.372 e. The molecule has 2 aromatic heterocycles. The monoisotopic (exact) mass is 257 g/mol. The Bertz CT molecular complexity index is 541. The van der Waals surface area contributed by atoms with Crippen LogP contribution in [0.25, 0.3) is 0 Å². The molecule has 0 spiro atoms. The van der Waals surface area contributed by atoms with Gasteiger partial charge in [0.15, 0.2) is 5.69 Å². The molecule has 0 atom stereocenters. The lowest BCUT2D eigenvalue weighted by atomic mass is 10.3. The summed E-state index contributed by atoms with van der Waals surface area (Å²) in [7, 11) is 1.75. The predicted molar refractivity (Wildman–Crippen MR) is 73.2 cm³/mol. The Morgan fingerprint density at radius 2 is 1.95 bits per heavy atom. The average molecular weight is 257 g/mol. The van der Waals surface area contributed by atoms with E-state index < -0.39 is 0 Å². The second-order valence-corrected chi connectivity index (χ2v) is 3.81. The molecule has 0 saturated carbocycles. The molecule has 19 heavy (non-hydrogen) atoms. The van der Waals surface area contributed by atoms with Gasteiger partial charge in [-0.3, -0.25) is 9.78 Å². The summed E-state index contributed by atoms with van der Waals surface area (Å²) in [4.78, 5) is 17.9. The van der Waals surface area contributed by atoms with E-state index in [1.807, 2.05) is 6.92 Å². The van der Waals surface area contributed by atoms with Crippen molar-refractivity contribution in [1.29, 1.82) is 0 Å². The van der Waals surface area contributed by atoms with E-state index in [2.05, 4.69) is 20.5 Å². The summed E-state index contributed by atoms with van der Waals surface area (Å²) in [5.41, 5.74) is 1.11. The lowest BCUT2D eigenvalue weighted by molar-refractivity contribution is 0.0982. The van der Waals surface area contributed by atoms with Gasteiger partial charge in [0, 0.05) is 31.7 Å². The van der Waals surface area contributed by atoms with Gasteiger partial charge in [-0.15, -0.1) is 10.2 Å². The number of nitrogens with zero attached hydrogens (tertiary/aromatic N) is 4. The Morgan fingerprint density at radius 3 is 2.47 bits per heavy atom. The molecule has 6 heteroatoms. The second kappa shape index (κ2) is 5.90. The first-order valence-corrected chi connectivity index (χ1v) is 5.99. The van der Waals surface area contributed by atoms with Gasteiger partial charge < -0.3 is 10.2 Å². The quantitative estimate of drug-likeness (QED) is 0.900. The molecule has 0 unspecified atom stereocenters. The van der Waals surface area contributed by atoms with Crippen LogP contribution in [-0.2, 0) is 0 Å². The molecule has 0 radical (unpaired) electrons. The summed E-state index contributed by atoms with van der Waals surface area (Å²) in [5, 5.41) is 10.7. The van der Waals surface area contributed by atoms with E-state index in [-0.39, 0.29) is 5.91 Å². The minimum absolute atomic E-state index is 0.177. The summed E-state index contributed by atoms with van der Waals surface area (Å²) < 4.78 is 0. The third-order valence-corrected chi connectivity index (χ3v) is 2.68. The average Bonchev–Trinajstić information content (AvgIpc) is 2.49. The number of hydrogen-bond donors (Lipinski definition) is 1. The molecule has 0 aromatic carbocycles. The molecule has 2 heterocycles. The topological polar surface area (TPSA) is 71.0 Å². The van der Waals surface area contributed by atoms with Gasteiger partial charge in [0.25, 0.3) is 5.91 Å². The Kier molecular flexibility index (Phi) is 4.02. The van der Waals surface area contributed by atoms with Crippen LogP contribution in [0.15, 0.2) is 36.7 Å².